The lowest BCUT2D eigenvalue weighted by molar-refractivity contribution is -0.136. The summed E-state index contributed by atoms with van der Waals surface area (Å²) >= 11 is 0. The Kier molecular flexibility index (Phi) is 3.77. The summed E-state index contributed by atoms with van der Waals surface area (Å²) in [7, 11) is 0. The summed E-state index contributed by atoms with van der Waals surface area (Å²) in [6.45, 7) is 7.79. The van der Waals surface area contributed by atoms with Gasteiger partial charge in [0.15, 0.2) is 0 Å². The number of aromatic nitrogens is 2. The molecule has 0 aliphatic carbocycles. The van der Waals surface area contributed by atoms with Gasteiger partial charge in [0, 0.05) is 11.1 Å². The Morgan fingerprint density at radius 2 is 2.00 bits per heavy atom. The third kappa shape index (κ3) is 3.07. The van der Waals surface area contributed by atoms with Gasteiger partial charge < -0.3 is 5.11 Å². The molecule has 0 saturated heterocycles. The number of carbonyl (C=O) groups is 1. The Bertz CT molecular complexity index is 733. The first kappa shape index (κ1) is 15.1. The summed E-state index contributed by atoms with van der Waals surface area (Å²) in [6, 6.07) is 7.52. The quantitative estimate of drug-likeness (QED) is 0.910. The van der Waals surface area contributed by atoms with Crippen molar-refractivity contribution in [2.75, 3.05) is 0 Å². The van der Waals surface area contributed by atoms with Gasteiger partial charge in [-0.1, -0.05) is 32.9 Å². The van der Waals surface area contributed by atoms with Crippen LogP contribution < -0.4 is 5.56 Å². The van der Waals surface area contributed by atoms with Crippen molar-refractivity contribution in [3.63, 3.8) is 0 Å². The zero-order valence-corrected chi connectivity index (χ0v) is 12.7. The van der Waals surface area contributed by atoms with E-state index in [1.54, 1.807) is 0 Å². The molecule has 2 aromatic rings. The molecule has 2 rings (SSSR count). The van der Waals surface area contributed by atoms with Crippen molar-refractivity contribution in [2.45, 2.75) is 39.5 Å². The Morgan fingerprint density at radius 3 is 2.52 bits per heavy atom. The molecular formula is C16H20N2O3. The lowest BCUT2D eigenvalue weighted by atomic mass is 9.89. The number of carboxylic acid groups (broad SMARTS) is 1. The first-order chi connectivity index (χ1) is 9.70. The lowest BCUT2D eigenvalue weighted by Crippen LogP contribution is -2.21. The van der Waals surface area contributed by atoms with Gasteiger partial charge in [-0.25, -0.2) is 4.68 Å². The van der Waals surface area contributed by atoms with Crippen molar-refractivity contribution in [3.05, 3.63) is 51.4 Å². The van der Waals surface area contributed by atoms with E-state index in [1.807, 2.05) is 52.0 Å². The second kappa shape index (κ2) is 5.24. The van der Waals surface area contributed by atoms with Crippen LogP contribution in [0.4, 0.5) is 0 Å². The highest BCUT2D eigenvalue weighted by Gasteiger charge is 2.26. The molecule has 0 radical (unpaired) electrons. The summed E-state index contributed by atoms with van der Waals surface area (Å²) in [5, 5.41) is 12.1. The van der Waals surface area contributed by atoms with Crippen molar-refractivity contribution in [3.8, 4) is 5.69 Å². The molecule has 1 aromatic carbocycles. The van der Waals surface area contributed by atoms with E-state index >= 15 is 0 Å². The van der Waals surface area contributed by atoms with Crippen LogP contribution >= 0.6 is 0 Å². The van der Waals surface area contributed by atoms with E-state index in [9.17, 15) is 9.59 Å². The maximum atomic E-state index is 12.6. The molecule has 0 fully saturated rings. The number of carboxylic acids is 1. The number of nitrogens with one attached hydrogen (secondary N) is 1. The Labute approximate surface area is 123 Å². The van der Waals surface area contributed by atoms with E-state index in [4.69, 9.17) is 5.11 Å². The van der Waals surface area contributed by atoms with Crippen LogP contribution in [-0.4, -0.2) is 20.9 Å². The number of rotatable bonds is 3. The second-order valence-electron chi connectivity index (χ2n) is 6.27. The molecule has 5 nitrogen and oxygen atoms in total. The molecule has 0 saturated carbocycles. The van der Waals surface area contributed by atoms with Crippen molar-refractivity contribution in [1.82, 2.24) is 9.78 Å². The lowest BCUT2D eigenvalue weighted by Gasteiger charge is -2.17. The predicted molar refractivity (Wildman–Crippen MR) is 81.2 cm³/mol. The van der Waals surface area contributed by atoms with E-state index in [0.717, 1.165) is 5.56 Å². The van der Waals surface area contributed by atoms with E-state index in [1.165, 1.54) is 4.68 Å². The molecule has 0 atom stereocenters. The summed E-state index contributed by atoms with van der Waals surface area (Å²) in [6.07, 6.45) is -0.277. The monoisotopic (exact) mass is 288 g/mol. The van der Waals surface area contributed by atoms with E-state index < -0.39 is 5.97 Å². The fourth-order valence-electron chi connectivity index (χ4n) is 2.36. The maximum absolute atomic E-state index is 12.6. The van der Waals surface area contributed by atoms with Gasteiger partial charge in [-0.2, -0.15) is 0 Å². The highest BCUT2D eigenvalue weighted by atomic mass is 16.4. The minimum absolute atomic E-state index is 0.277. The number of aryl methyl sites for hydroxylation is 1. The molecule has 0 unspecified atom stereocenters. The van der Waals surface area contributed by atoms with Gasteiger partial charge in [0.05, 0.1) is 17.7 Å². The van der Waals surface area contributed by atoms with Crippen LogP contribution in [0, 0.1) is 6.92 Å². The van der Waals surface area contributed by atoms with Gasteiger partial charge in [-0.3, -0.25) is 14.7 Å². The fraction of sp³-hybridized carbons (Fsp3) is 0.375. The average molecular weight is 288 g/mol. The first-order valence-corrected chi connectivity index (χ1v) is 6.83. The molecule has 21 heavy (non-hydrogen) atoms. The van der Waals surface area contributed by atoms with Gasteiger partial charge in [0.2, 0.25) is 0 Å². The number of nitrogens with zero attached hydrogens (tertiary/aromatic N) is 1. The topological polar surface area (TPSA) is 75.1 Å². The number of benzene rings is 1. The highest BCUT2D eigenvalue weighted by Crippen LogP contribution is 2.23. The van der Waals surface area contributed by atoms with Crippen LogP contribution in [0.15, 0.2) is 29.1 Å². The maximum Gasteiger partial charge on any atom is 0.308 e. The van der Waals surface area contributed by atoms with Gasteiger partial charge in [-0.05, 0) is 24.6 Å². The molecule has 1 heterocycles. The van der Waals surface area contributed by atoms with Crippen LogP contribution in [0.25, 0.3) is 5.69 Å². The molecule has 0 aliphatic heterocycles. The van der Waals surface area contributed by atoms with E-state index in [0.29, 0.717) is 16.9 Å². The largest absolute Gasteiger partial charge is 0.481 e. The van der Waals surface area contributed by atoms with Gasteiger partial charge in [-0.15, -0.1) is 0 Å². The van der Waals surface area contributed by atoms with Gasteiger partial charge in [0.25, 0.3) is 5.56 Å². The normalized spacial score (nSPS) is 11.6. The van der Waals surface area contributed by atoms with Crippen molar-refractivity contribution >= 4 is 5.97 Å². The van der Waals surface area contributed by atoms with Crippen LogP contribution in [0.5, 0.6) is 0 Å². The fourth-order valence-corrected chi connectivity index (χ4v) is 2.36. The Morgan fingerprint density at radius 1 is 1.33 bits per heavy atom. The summed E-state index contributed by atoms with van der Waals surface area (Å²) < 4.78 is 1.42. The zero-order valence-electron chi connectivity index (χ0n) is 12.7. The third-order valence-corrected chi connectivity index (χ3v) is 3.32. The van der Waals surface area contributed by atoms with E-state index in [2.05, 4.69) is 5.10 Å². The van der Waals surface area contributed by atoms with Crippen LogP contribution in [0.3, 0.4) is 0 Å². The number of H-pyrrole nitrogens is 1. The Hall–Kier alpha value is -2.30. The molecular weight excluding hydrogens is 268 g/mol. The van der Waals surface area contributed by atoms with Crippen LogP contribution in [-0.2, 0) is 16.6 Å². The molecule has 0 spiro atoms. The van der Waals surface area contributed by atoms with Crippen LogP contribution in [0.1, 0.15) is 37.6 Å². The minimum Gasteiger partial charge on any atom is -0.481 e. The van der Waals surface area contributed by atoms with Crippen molar-refractivity contribution < 1.29 is 9.90 Å². The van der Waals surface area contributed by atoms with Crippen molar-refractivity contribution in [1.29, 1.82) is 0 Å². The molecule has 2 N–H and O–H groups in total. The predicted octanol–water partition coefficient (Wildman–Crippen LogP) is 2.40. The SMILES string of the molecule is Cc1cccc(-n2[nH]c(C(C)(C)C)c(CC(=O)O)c2=O)c1. The number of hydrogen-bond donors (Lipinski definition) is 2. The average Bonchev–Trinajstić information content (AvgIpc) is 2.66. The van der Waals surface area contributed by atoms with Gasteiger partial charge >= 0.3 is 5.97 Å². The number of hydrogen-bond acceptors (Lipinski definition) is 2. The molecule has 0 amide bonds. The third-order valence-electron chi connectivity index (χ3n) is 3.32. The molecule has 0 bridgehead atoms. The van der Waals surface area contributed by atoms with Crippen molar-refractivity contribution in [2.24, 2.45) is 0 Å². The van der Waals surface area contributed by atoms with Gasteiger partial charge in [0.1, 0.15) is 0 Å². The molecule has 112 valence electrons. The number of aliphatic carboxylic acids is 1. The highest BCUT2D eigenvalue weighted by molar-refractivity contribution is 5.70. The number of aromatic amines is 1. The molecule has 5 heteroatoms. The first-order valence-electron chi connectivity index (χ1n) is 6.83. The Balaban J connectivity index is 2.67. The molecule has 1 aromatic heterocycles. The summed E-state index contributed by atoms with van der Waals surface area (Å²) in [5.74, 6) is -1.01. The zero-order chi connectivity index (χ0) is 15.8. The van der Waals surface area contributed by atoms with E-state index in [-0.39, 0.29) is 17.4 Å². The smallest absolute Gasteiger partial charge is 0.308 e. The minimum atomic E-state index is -1.01. The molecule has 0 aliphatic rings. The summed E-state index contributed by atoms with van der Waals surface area (Å²) in [5.41, 5.74) is 2.09. The second-order valence-corrected chi connectivity index (χ2v) is 6.27. The van der Waals surface area contributed by atoms with Crippen LogP contribution in [0.2, 0.25) is 0 Å². The standard InChI is InChI=1S/C16H20N2O3/c1-10-6-5-7-11(8-10)18-15(21)12(9-13(19)20)14(17-18)16(2,3)4/h5-8,17H,9H2,1-4H3,(H,19,20). The summed E-state index contributed by atoms with van der Waals surface area (Å²) in [4.78, 5) is 23.6.